The lowest BCUT2D eigenvalue weighted by molar-refractivity contribution is -0.384. The number of aryl methyl sites for hydroxylation is 1. The quantitative estimate of drug-likeness (QED) is 0.274. The van der Waals surface area contributed by atoms with Gasteiger partial charge in [-0.05, 0) is 55.5 Å². The van der Waals surface area contributed by atoms with Gasteiger partial charge in [-0.2, -0.15) is 0 Å². The summed E-state index contributed by atoms with van der Waals surface area (Å²) in [5.74, 6) is -0.496. The summed E-state index contributed by atoms with van der Waals surface area (Å²) in [7, 11) is -7.76. The second kappa shape index (κ2) is 10.6. The van der Waals surface area contributed by atoms with E-state index in [1.54, 1.807) is 24.3 Å². The van der Waals surface area contributed by atoms with Crippen molar-refractivity contribution in [2.45, 2.75) is 23.1 Å². The maximum Gasteiger partial charge on any atom is 0.269 e. The first-order valence-corrected chi connectivity index (χ1v) is 13.2. The Bertz CT molecular complexity index is 1420. The number of carbonyl (C=O) groups is 1. The van der Waals surface area contributed by atoms with E-state index in [0.717, 1.165) is 29.8 Å². The lowest BCUT2D eigenvalue weighted by Gasteiger charge is -2.10. The minimum absolute atomic E-state index is 0.00642. The summed E-state index contributed by atoms with van der Waals surface area (Å²) in [4.78, 5) is 22.0. The molecule has 3 rings (SSSR count). The number of carbonyl (C=O) groups excluding carboxylic acids is 1. The Morgan fingerprint density at radius 1 is 0.800 bits per heavy atom. The van der Waals surface area contributed by atoms with E-state index in [1.165, 1.54) is 24.3 Å². The molecule has 0 spiro atoms. The van der Waals surface area contributed by atoms with Crippen LogP contribution in [0, 0.1) is 17.0 Å². The van der Waals surface area contributed by atoms with Gasteiger partial charge in [0, 0.05) is 36.5 Å². The molecule has 0 atom stereocenters. The third-order valence-electron chi connectivity index (χ3n) is 4.75. The van der Waals surface area contributed by atoms with Crippen LogP contribution in [0.3, 0.4) is 0 Å². The van der Waals surface area contributed by atoms with Crippen LogP contribution in [0.15, 0.2) is 82.6 Å². The number of anilines is 2. The van der Waals surface area contributed by atoms with Crippen LogP contribution in [0.25, 0.3) is 0 Å². The predicted octanol–water partition coefficient (Wildman–Crippen LogP) is 3.01. The highest BCUT2D eigenvalue weighted by atomic mass is 32.2. The van der Waals surface area contributed by atoms with Gasteiger partial charge < -0.3 is 5.32 Å². The molecule has 0 radical (unpaired) electrons. The number of nitrogens with one attached hydrogen (secondary N) is 3. The van der Waals surface area contributed by atoms with E-state index in [0.29, 0.717) is 11.4 Å². The van der Waals surface area contributed by atoms with Gasteiger partial charge in [-0.3, -0.25) is 19.6 Å². The van der Waals surface area contributed by atoms with Crippen LogP contribution < -0.4 is 14.8 Å². The molecule has 0 heterocycles. The summed E-state index contributed by atoms with van der Waals surface area (Å²) in [6.07, 6.45) is -0.193. The molecule has 0 saturated heterocycles. The fourth-order valence-electron chi connectivity index (χ4n) is 2.91. The van der Waals surface area contributed by atoms with Gasteiger partial charge >= 0.3 is 0 Å². The summed E-state index contributed by atoms with van der Waals surface area (Å²) in [6, 6.07) is 16.7. The van der Waals surface area contributed by atoms with Crippen LogP contribution >= 0.6 is 0 Å². The molecule has 184 valence electrons. The molecule has 0 aliphatic rings. The molecule has 0 saturated carbocycles. The highest BCUT2D eigenvalue weighted by Crippen LogP contribution is 2.19. The number of benzene rings is 3. The van der Waals surface area contributed by atoms with Crippen molar-refractivity contribution in [3.63, 3.8) is 0 Å². The minimum atomic E-state index is -3.95. The van der Waals surface area contributed by atoms with Gasteiger partial charge in [0.1, 0.15) is 0 Å². The van der Waals surface area contributed by atoms with Gasteiger partial charge in [0.25, 0.3) is 15.7 Å². The van der Waals surface area contributed by atoms with Gasteiger partial charge in [0.05, 0.1) is 14.7 Å². The largest absolute Gasteiger partial charge is 0.326 e. The normalized spacial score (nSPS) is 11.6. The summed E-state index contributed by atoms with van der Waals surface area (Å²) in [5, 5.41) is 13.2. The molecule has 11 nitrogen and oxygen atoms in total. The molecule has 0 aliphatic carbocycles. The second-order valence-corrected chi connectivity index (χ2v) is 10.9. The average molecular weight is 519 g/mol. The minimum Gasteiger partial charge on any atom is -0.326 e. The lowest BCUT2D eigenvalue weighted by atomic mass is 10.2. The summed E-state index contributed by atoms with van der Waals surface area (Å²) < 4.78 is 54.3. The van der Waals surface area contributed by atoms with Gasteiger partial charge in [-0.15, -0.1) is 0 Å². The number of amides is 1. The zero-order valence-corrected chi connectivity index (χ0v) is 20.1. The fraction of sp³-hybridized carbons (Fsp3) is 0.136. The number of non-ortho nitro benzene ring substituents is 1. The van der Waals surface area contributed by atoms with Gasteiger partial charge in [0.2, 0.25) is 15.9 Å². The van der Waals surface area contributed by atoms with Crippen molar-refractivity contribution in [2.24, 2.45) is 0 Å². The first kappa shape index (κ1) is 25.8. The number of hydrogen-bond donors (Lipinski definition) is 3. The topological polar surface area (TPSA) is 165 Å². The van der Waals surface area contributed by atoms with Crippen LogP contribution in [-0.4, -0.2) is 34.2 Å². The third kappa shape index (κ3) is 7.09. The first-order valence-electron chi connectivity index (χ1n) is 10.2. The van der Waals surface area contributed by atoms with E-state index in [2.05, 4.69) is 14.8 Å². The summed E-state index contributed by atoms with van der Waals surface area (Å²) in [6.45, 7) is 1.68. The van der Waals surface area contributed by atoms with Crippen molar-refractivity contribution in [1.29, 1.82) is 0 Å². The SMILES string of the molecule is Cc1ccc(NS(=O)(=O)c2ccc(NC(=O)CCNS(=O)(=O)c3ccc([N+](=O)[O-])cc3)cc2)cc1. The molecular formula is C22H22N4O7S2. The molecule has 0 bridgehead atoms. The molecule has 0 aromatic heterocycles. The van der Waals surface area contributed by atoms with Crippen molar-refractivity contribution in [3.05, 3.63) is 88.5 Å². The maximum atomic E-state index is 12.5. The smallest absolute Gasteiger partial charge is 0.269 e. The van der Waals surface area contributed by atoms with E-state index < -0.39 is 30.9 Å². The van der Waals surface area contributed by atoms with Crippen molar-refractivity contribution in [1.82, 2.24) is 4.72 Å². The Morgan fingerprint density at radius 2 is 1.31 bits per heavy atom. The van der Waals surface area contributed by atoms with E-state index in [-0.39, 0.29) is 28.4 Å². The number of sulfonamides is 2. The van der Waals surface area contributed by atoms with Crippen molar-refractivity contribution in [3.8, 4) is 0 Å². The Labute approximate surface area is 202 Å². The Morgan fingerprint density at radius 3 is 1.89 bits per heavy atom. The molecule has 1 amide bonds. The van der Waals surface area contributed by atoms with Crippen molar-refractivity contribution < 1.29 is 26.6 Å². The lowest BCUT2D eigenvalue weighted by Crippen LogP contribution is -2.27. The highest BCUT2D eigenvalue weighted by Gasteiger charge is 2.17. The zero-order valence-electron chi connectivity index (χ0n) is 18.5. The number of nitrogens with zero attached hydrogens (tertiary/aromatic N) is 1. The Balaban J connectivity index is 1.52. The Kier molecular flexibility index (Phi) is 7.84. The molecule has 0 unspecified atom stereocenters. The fourth-order valence-corrected chi connectivity index (χ4v) is 5.00. The van der Waals surface area contributed by atoms with Crippen LogP contribution in [-0.2, 0) is 24.8 Å². The monoisotopic (exact) mass is 518 g/mol. The molecule has 35 heavy (non-hydrogen) atoms. The van der Waals surface area contributed by atoms with Crippen LogP contribution in [0.5, 0.6) is 0 Å². The zero-order chi connectivity index (χ0) is 25.6. The third-order valence-corrected chi connectivity index (χ3v) is 7.63. The Hall–Kier alpha value is -3.81. The molecule has 3 aromatic carbocycles. The van der Waals surface area contributed by atoms with Gasteiger partial charge in [-0.1, -0.05) is 17.7 Å². The average Bonchev–Trinajstić information content (AvgIpc) is 2.81. The van der Waals surface area contributed by atoms with E-state index in [9.17, 15) is 31.7 Å². The number of nitro benzene ring substituents is 1. The van der Waals surface area contributed by atoms with E-state index in [4.69, 9.17) is 0 Å². The second-order valence-electron chi connectivity index (χ2n) is 7.44. The van der Waals surface area contributed by atoms with Crippen molar-refractivity contribution in [2.75, 3.05) is 16.6 Å². The number of nitro groups is 1. The molecule has 3 N–H and O–H groups in total. The summed E-state index contributed by atoms with van der Waals surface area (Å²) in [5.41, 5.74) is 1.51. The van der Waals surface area contributed by atoms with Gasteiger partial charge in [0.15, 0.2) is 0 Å². The van der Waals surface area contributed by atoms with Crippen LogP contribution in [0.4, 0.5) is 17.1 Å². The molecular weight excluding hydrogens is 496 g/mol. The standard InChI is InChI=1S/C22H22N4O7S2/c1-16-2-4-18(5-3-16)25-35(32,33)21-10-6-17(7-11-21)24-22(27)14-15-23-34(30,31)20-12-8-19(9-13-20)26(28)29/h2-13,23,25H,14-15H2,1H3,(H,24,27). The van der Waals surface area contributed by atoms with E-state index >= 15 is 0 Å². The van der Waals surface area contributed by atoms with Crippen LogP contribution in [0.2, 0.25) is 0 Å². The van der Waals surface area contributed by atoms with Crippen molar-refractivity contribution >= 4 is 43.0 Å². The first-order chi connectivity index (χ1) is 16.5. The molecule has 3 aromatic rings. The molecule has 0 aliphatic heterocycles. The number of rotatable bonds is 10. The highest BCUT2D eigenvalue weighted by molar-refractivity contribution is 7.92. The predicted molar refractivity (Wildman–Crippen MR) is 130 cm³/mol. The maximum absolute atomic E-state index is 12.5. The van der Waals surface area contributed by atoms with Crippen LogP contribution in [0.1, 0.15) is 12.0 Å². The van der Waals surface area contributed by atoms with E-state index in [1.807, 2.05) is 6.92 Å². The van der Waals surface area contributed by atoms with Gasteiger partial charge in [-0.25, -0.2) is 21.6 Å². The molecule has 0 fully saturated rings. The summed E-state index contributed by atoms with van der Waals surface area (Å²) >= 11 is 0. The molecule has 13 heteroatoms. The number of hydrogen-bond acceptors (Lipinski definition) is 7.